The average molecular weight is 750 g/mol. The van der Waals surface area contributed by atoms with Crippen molar-refractivity contribution in [1.82, 2.24) is 14.9 Å². The van der Waals surface area contributed by atoms with Crippen LogP contribution in [0.3, 0.4) is 0 Å². The molecule has 4 N–H and O–H groups in total. The van der Waals surface area contributed by atoms with E-state index in [1.807, 2.05) is 0 Å². The van der Waals surface area contributed by atoms with E-state index in [1.165, 1.54) is 18.2 Å². The first-order valence-corrected chi connectivity index (χ1v) is 19.1. The normalized spacial score (nSPS) is 31.3. The van der Waals surface area contributed by atoms with Crippen molar-refractivity contribution in [1.29, 1.82) is 0 Å². The molecule has 0 radical (unpaired) electrons. The Bertz CT molecular complexity index is 2150. The van der Waals surface area contributed by atoms with Crippen molar-refractivity contribution in [3.8, 4) is 11.6 Å². The van der Waals surface area contributed by atoms with Crippen molar-refractivity contribution < 1.29 is 41.8 Å². The van der Waals surface area contributed by atoms with Gasteiger partial charge in [0.05, 0.1) is 66.4 Å². The van der Waals surface area contributed by atoms with Crippen molar-refractivity contribution >= 4 is 43.8 Å². The molecule has 3 fully saturated rings. The van der Waals surface area contributed by atoms with Gasteiger partial charge in [-0.3, -0.25) is 19.8 Å². The van der Waals surface area contributed by atoms with Crippen LogP contribution in [-0.2, 0) is 28.8 Å². The minimum atomic E-state index is -4.79. The van der Waals surface area contributed by atoms with Gasteiger partial charge in [0.15, 0.2) is 16.3 Å². The summed E-state index contributed by atoms with van der Waals surface area (Å²) in [5, 5.41) is 16.7. The molecule has 280 valence electrons. The smallest absolute Gasteiger partial charge is 0.297 e. The highest BCUT2D eigenvalue weighted by Gasteiger charge is 2.61. The molecule has 53 heavy (non-hydrogen) atoms. The molecule has 0 saturated carbocycles. The predicted octanol–water partition coefficient (Wildman–Crippen LogP) is 1.89. The zero-order valence-corrected chi connectivity index (χ0v) is 29.6. The van der Waals surface area contributed by atoms with E-state index >= 15 is 8.42 Å². The van der Waals surface area contributed by atoms with Gasteiger partial charge >= 0.3 is 0 Å². The number of primary amides is 1. The van der Waals surface area contributed by atoms with Crippen LogP contribution in [-0.4, -0.2) is 122 Å². The van der Waals surface area contributed by atoms with Crippen LogP contribution < -0.4 is 25.4 Å². The minimum Gasteiger partial charge on any atom is -0.489 e. The van der Waals surface area contributed by atoms with E-state index in [2.05, 4.69) is 27.1 Å². The quantitative estimate of drug-likeness (QED) is 0.233. The van der Waals surface area contributed by atoms with Crippen molar-refractivity contribution in [3.05, 3.63) is 64.9 Å². The van der Waals surface area contributed by atoms with E-state index in [0.29, 0.717) is 56.1 Å². The van der Waals surface area contributed by atoms with Gasteiger partial charge in [-0.2, -0.15) is 4.98 Å². The number of benzene rings is 1. The lowest BCUT2D eigenvalue weighted by Crippen LogP contribution is -2.69. The Hall–Kier alpha value is -4.75. The number of ether oxygens (including phenoxy) is 5. The number of H-pyrrole nitrogens is 1. The van der Waals surface area contributed by atoms with E-state index in [-0.39, 0.29) is 48.7 Å². The van der Waals surface area contributed by atoms with Crippen LogP contribution in [0.25, 0.3) is 11.0 Å². The Morgan fingerprint density at radius 3 is 2.74 bits per heavy atom. The summed E-state index contributed by atoms with van der Waals surface area (Å²) in [6, 6.07) is 5.25. The van der Waals surface area contributed by atoms with Crippen LogP contribution in [0.15, 0.2) is 59.7 Å². The molecule has 2 aromatic heterocycles. The van der Waals surface area contributed by atoms with Gasteiger partial charge in [-0.15, -0.1) is 0 Å². The number of amides is 1. The monoisotopic (exact) mass is 749 g/mol. The number of fused-ring (bicyclic) bond motifs is 4. The second kappa shape index (κ2) is 12.7. The number of hydrogen-bond acceptors (Lipinski definition) is 14. The number of aromatic nitrogens is 2. The molecule has 5 aliphatic heterocycles. The summed E-state index contributed by atoms with van der Waals surface area (Å²) in [5.41, 5.74) is 6.45. The maximum atomic E-state index is 15.6. The number of nitro benzene ring substituents is 1. The molecule has 0 spiro atoms. The Morgan fingerprint density at radius 1 is 1.11 bits per heavy atom. The Morgan fingerprint density at radius 2 is 1.96 bits per heavy atom. The van der Waals surface area contributed by atoms with Crippen molar-refractivity contribution in [2.24, 2.45) is 11.7 Å². The second-order valence-corrected chi connectivity index (χ2v) is 16.4. The van der Waals surface area contributed by atoms with Crippen molar-refractivity contribution in [2.75, 3.05) is 56.4 Å². The zero-order valence-electron chi connectivity index (χ0n) is 28.8. The molecule has 0 bridgehead atoms. The molecule has 1 aromatic carbocycles. The standard InChI is InChI=1S/C35H39N7O10S/c1-19-14-50-29(13-40(19)21-15-49-16-21)24-17-51-28-12-22(11-26(42(44)45)31(28)38-24)53(46,47)35(7-3-2-4-23(35)32(36)43)41-25-6-9-48-18-30(25)52-34-27(41)10-20-5-8-37-33(20)39-34/h2-5,7-8,10-12,19,21,23-25,29-30,38H,6,9,13-18H2,1H3,(H2,36,43)(H,37,39)/t19-,23?,24+,25-,29-,30+,35?/m1/s1. The fourth-order valence-electron chi connectivity index (χ4n) is 8.51. The number of nitrogens with two attached hydrogens (primary N) is 1. The molecule has 18 heteroatoms. The summed E-state index contributed by atoms with van der Waals surface area (Å²) in [7, 11) is -4.79. The summed E-state index contributed by atoms with van der Waals surface area (Å²) in [5.74, 6) is -2.20. The summed E-state index contributed by atoms with van der Waals surface area (Å²) in [6.45, 7) is 4.91. The van der Waals surface area contributed by atoms with E-state index in [4.69, 9.17) is 29.4 Å². The summed E-state index contributed by atoms with van der Waals surface area (Å²) in [4.78, 5) is 34.6. The number of aromatic amines is 1. The molecule has 7 atom stereocenters. The number of pyridine rings is 1. The first-order chi connectivity index (χ1) is 25.6. The molecule has 7 heterocycles. The number of nitrogens with zero attached hydrogens (tertiary/aromatic N) is 4. The van der Waals surface area contributed by atoms with Crippen molar-refractivity contribution in [3.63, 3.8) is 0 Å². The molecule has 1 amide bonds. The maximum Gasteiger partial charge on any atom is 0.297 e. The van der Waals surface area contributed by atoms with Crippen LogP contribution >= 0.6 is 0 Å². The molecule has 3 aromatic rings. The lowest BCUT2D eigenvalue weighted by Gasteiger charge is -2.54. The van der Waals surface area contributed by atoms with Gasteiger partial charge < -0.3 is 44.6 Å². The van der Waals surface area contributed by atoms with Crippen LogP contribution in [0, 0.1) is 16.0 Å². The SMILES string of the molecule is C[C@@H]1CO[C@@H]([C@@H]2COc3cc(S(=O)(=O)C4(N5c6cc7cc[nH]c7nc6O[C@H]6COCC[C@H]65)C=CC=CC4C(N)=O)cc([N+](=O)[O-])c3N2)CN1C1COC1. The molecule has 6 aliphatic rings. The van der Waals surface area contributed by atoms with E-state index < -0.39 is 60.2 Å². The number of rotatable bonds is 7. The molecular weight excluding hydrogens is 710 g/mol. The number of nitro groups is 1. The molecule has 3 saturated heterocycles. The Labute approximate surface area is 304 Å². The number of hydrogen-bond donors (Lipinski definition) is 3. The van der Waals surface area contributed by atoms with Crippen molar-refractivity contribution in [2.45, 2.75) is 59.5 Å². The highest BCUT2D eigenvalue weighted by atomic mass is 32.2. The average Bonchev–Trinajstić information content (AvgIpc) is 3.59. The van der Waals surface area contributed by atoms with Crippen LogP contribution in [0.1, 0.15) is 13.3 Å². The molecule has 17 nitrogen and oxygen atoms in total. The molecule has 9 rings (SSSR count). The fraction of sp³-hybridized carbons (Fsp3) is 0.486. The van der Waals surface area contributed by atoms with Gasteiger partial charge in [0.25, 0.3) is 5.69 Å². The number of allylic oxidation sites excluding steroid dienone is 2. The van der Waals surface area contributed by atoms with Crippen LogP contribution in [0.4, 0.5) is 17.1 Å². The number of morpholine rings is 1. The number of nitrogens with one attached hydrogen (secondary N) is 2. The lowest BCUT2D eigenvalue weighted by molar-refractivity contribution is -0.384. The fourth-order valence-corrected chi connectivity index (χ4v) is 10.7. The van der Waals surface area contributed by atoms with E-state index in [9.17, 15) is 14.9 Å². The summed E-state index contributed by atoms with van der Waals surface area (Å²) in [6.07, 6.45) is 7.04. The van der Waals surface area contributed by atoms with Gasteiger partial charge in [-0.1, -0.05) is 18.2 Å². The summed E-state index contributed by atoms with van der Waals surface area (Å²) >= 11 is 0. The largest absolute Gasteiger partial charge is 0.489 e. The first-order valence-electron chi connectivity index (χ1n) is 17.7. The Balaban J connectivity index is 1.16. The molecule has 1 aliphatic carbocycles. The highest BCUT2D eigenvalue weighted by Crippen LogP contribution is 2.52. The molecular formula is C35H39N7O10S. The first kappa shape index (κ1) is 34.0. The predicted molar refractivity (Wildman–Crippen MR) is 190 cm³/mol. The van der Waals surface area contributed by atoms with Crippen LogP contribution in [0.2, 0.25) is 0 Å². The zero-order chi connectivity index (χ0) is 36.6. The van der Waals surface area contributed by atoms with Gasteiger partial charge in [0.1, 0.15) is 24.0 Å². The van der Waals surface area contributed by atoms with Gasteiger partial charge in [0, 0.05) is 42.9 Å². The number of anilines is 2. The summed E-state index contributed by atoms with van der Waals surface area (Å²) < 4.78 is 61.0. The third-order valence-electron chi connectivity index (χ3n) is 11.3. The van der Waals surface area contributed by atoms with E-state index in [1.54, 1.807) is 35.4 Å². The number of sulfone groups is 1. The third kappa shape index (κ3) is 5.29. The van der Waals surface area contributed by atoms with Gasteiger partial charge in [0.2, 0.25) is 21.6 Å². The topological polar surface area (TPSA) is 214 Å². The minimum absolute atomic E-state index is 0.00873. The molecule has 2 unspecified atom stereocenters. The van der Waals surface area contributed by atoms with Gasteiger partial charge in [-0.25, -0.2) is 8.42 Å². The van der Waals surface area contributed by atoms with Crippen LogP contribution in [0.5, 0.6) is 11.6 Å². The Kier molecular flexibility index (Phi) is 8.15. The highest BCUT2D eigenvalue weighted by molar-refractivity contribution is 7.93. The van der Waals surface area contributed by atoms with Gasteiger partial charge in [-0.05, 0) is 31.6 Å². The maximum absolute atomic E-state index is 15.6. The third-order valence-corrected chi connectivity index (χ3v) is 13.6. The number of carbonyl (C=O) groups excluding carboxylic acids is 1. The lowest BCUT2D eigenvalue weighted by atomic mass is 9.88. The number of carbonyl (C=O) groups is 1. The second-order valence-electron chi connectivity index (χ2n) is 14.3. The van der Waals surface area contributed by atoms with E-state index in [0.717, 1.165) is 6.07 Å².